The molecule has 1 saturated heterocycles. The molecule has 1 aromatic carbocycles. The fourth-order valence-electron chi connectivity index (χ4n) is 1.47. The first-order chi connectivity index (χ1) is 8.08. The van der Waals surface area contributed by atoms with Gasteiger partial charge in [0.25, 0.3) is 0 Å². The minimum absolute atomic E-state index is 0.0713. The number of benzene rings is 1. The van der Waals surface area contributed by atoms with E-state index in [2.05, 4.69) is 15.9 Å². The van der Waals surface area contributed by atoms with Gasteiger partial charge in [-0.2, -0.15) is 0 Å². The number of ether oxygens (including phenoxy) is 2. The van der Waals surface area contributed by atoms with Crippen molar-refractivity contribution in [2.24, 2.45) is 0 Å². The number of nitro benzene ring substituents is 1. The summed E-state index contributed by atoms with van der Waals surface area (Å²) in [6.45, 7) is 0.286. The van der Waals surface area contributed by atoms with Crippen molar-refractivity contribution in [1.29, 1.82) is 0 Å². The van der Waals surface area contributed by atoms with E-state index in [1.165, 1.54) is 12.1 Å². The van der Waals surface area contributed by atoms with E-state index in [9.17, 15) is 14.9 Å². The molecule has 1 aliphatic heterocycles. The summed E-state index contributed by atoms with van der Waals surface area (Å²) in [4.78, 5) is 21.5. The summed E-state index contributed by atoms with van der Waals surface area (Å²) >= 11 is 3.14. The molecule has 1 aromatic rings. The lowest BCUT2D eigenvalue weighted by Gasteiger charge is -2.10. The van der Waals surface area contributed by atoms with Gasteiger partial charge in [0, 0.05) is 17.0 Å². The van der Waals surface area contributed by atoms with Crippen LogP contribution in [0.25, 0.3) is 0 Å². The summed E-state index contributed by atoms with van der Waals surface area (Å²) in [6, 6.07) is 4.39. The molecule has 0 N–H and O–H groups in total. The van der Waals surface area contributed by atoms with E-state index in [0.29, 0.717) is 10.9 Å². The number of carbonyl (C=O) groups is 1. The first-order valence-corrected chi connectivity index (χ1v) is 5.64. The molecular weight excluding hydrogens is 294 g/mol. The molecule has 1 atom stereocenters. The summed E-state index contributed by atoms with van der Waals surface area (Å²) in [5.74, 6) is -0.413. The van der Waals surface area contributed by atoms with Crippen molar-refractivity contribution in [3.8, 4) is 5.75 Å². The molecule has 17 heavy (non-hydrogen) atoms. The van der Waals surface area contributed by atoms with Gasteiger partial charge in [0.05, 0.1) is 11.5 Å². The van der Waals surface area contributed by atoms with E-state index in [0.717, 1.165) is 0 Å². The van der Waals surface area contributed by atoms with Crippen molar-refractivity contribution >= 4 is 27.6 Å². The Morgan fingerprint density at radius 2 is 2.29 bits per heavy atom. The van der Waals surface area contributed by atoms with Crippen LogP contribution in [0.4, 0.5) is 5.69 Å². The number of carbonyl (C=O) groups excluding carboxylic acids is 1. The van der Waals surface area contributed by atoms with Crippen molar-refractivity contribution in [2.75, 3.05) is 6.61 Å². The second-order valence-corrected chi connectivity index (χ2v) is 4.35. The SMILES string of the molecule is O=C1OCC[C@@H]1Oc1ccc(Br)cc1[N+](=O)[O-]. The molecule has 0 spiro atoms. The Labute approximate surface area is 105 Å². The third-order valence-corrected chi connectivity index (χ3v) is 2.77. The maximum Gasteiger partial charge on any atom is 0.347 e. The van der Waals surface area contributed by atoms with Crippen molar-refractivity contribution in [3.05, 3.63) is 32.8 Å². The quantitative estimate of drug-likeness (QED) is 0.485. The highest BCUT2D eigenvalue weighted by Gasteiger charge is 2.30. The molecule has 1 heterocycles. The molecule has 6 nitrogen and oxygen atoms in total. The average molecular weight is 302 g/mol. The lowest BCUT2D eigenvalue weighted by Crippen LogP contribution is -2.22. The Hall–Kier alpha value is -1.63. The molecule has 90 valence electrons. The maximum absolute atomic E-state index is 11.2. The number of nitrogens with zero attached hydrogens (tertiary/aromatic N) is 1. The third-order valence-electron chi connectivity index (χ3n) is 2.27. The predicted octanol–water partition coefficient (Wildman–Crippen LogP) is 2.05. The van der Waals surface area contributed by atoms with Gasteiger partial charge in [-0.25, -0.2) is 4.79 Å². The van der Waals surface area contributed by atoms with Gasteiger partial charge < -0.3 is 9.47 Å². The maximum atomic E-state index is 11.2. The molecule has 0 saturated carbocycles. The monoisotopic (exact) mass is 301 g/mol. The Kier molecular flexibility index (Phi) is 3.28. The number of hydrogen-bond donors (Lipinski definition) is 0. The van der Waals surface area contributed by atoms with E-state index >= 15 is 0 Å². The van der Waals surface area contributed by atoms with Crippen molar-refractivity contribution in [3.63, 3.8) is 0 Å². The number of rotatable bonds is 3. The molecule has 1 aliphatic rings. The summed E-state index contributed by atoms with van der Waals surface area (Å²) < 4.78 is 10.6. The first-order valence-electron chi connectivity index (χ1n) is 4.85. The first kappa shape index (κ1) is 11.8. The molecule has 0 radical (unpaired) electrons. The summed E-state index contributed by atoms with van der Waals surface area (Å²) in [5.41, 5.74) is -0.181. The minimum atomic E-state index is -0.755. The highest BCUT2D eigenvalue weighted by Crippen LogP contribution is 2.31. The molecule has 7 heteroatoms. The van der Waals surface area contributed by atoms with Gasteiger partial charge in [0.2, 0.25) is 0 Å². The number of halogens is 1. The van der Waals surface area contributed by atoms with E-state index in [1.807, 2.05) is 0 Å². The Morgan fingerprint density at radius 1 is 1.53 bits per heavy atom. The Morgan fingerprint density at radius 3 is 2.88 bits per heavy atom. The normalized spacial score (nSPS) is 18.9. The van der Waals surface area contributed by atoms with Crippen LogP contribution in [-0.2, 0) is 9.53 Å². The van der Waals surface area contributed by atoms with Crippen LogP contribution in [0.3, 0.4) is 0 Å². The molecule has 0 unspecified atom stereocenters. The molecule has 1 fully saturated rings. The van der Waals surface area contributed by atoms with Crippen LogP contribution in [0, 0.1) is 10.1 Å². The molecular formula is C10H8BrNO5. The van der Waals surface area contributed by atoms with Crippen LogP contribution in [0.5, 0.6) is 5.75 Å². The van der Waals surface area contributed by atoms with E-state index < -0.39 is 17.0 Å². The molecule has 0 aliphatic carbocycles. The fourth-order valence-corrected chi connectivity index (χ4v) is 1.82. The second-order valence-electron chi connectivity index (χ2n) is 3.43. The van der Waals surface area contributed by atoms with Gasteiger partial charge in [-0.15, -0.1) is 0 Å². The zero-order chi connectivity index (χ0) is 12.4. The molecule has 0 bridgehead atoms. The smallest absolute Gasteiger partial charge is 0.347 e. The highest BCUT2D eigenvalue weighted by atomic mass is 79.9. The Balaban J connectivity index is 2.25. The zero-order valence-corrected chi connectivity index (χ0v) is 10.2. The summed E-state index contributed by atoms with van der Waals surface area (Å²) in [7, 11) is 0. The fraction of sp³-hybridized carbons (Fsp3) is 0.300. The lowest BCUT2D eigenvalue weighted by molar-refractivity contribution is -0.386. The second kappa shape index (κ2) is 4.70. The van der Waals surface area contributed by atoms with Crippen molar-refractivity contribution in [2.45, 2.75) is 12.5 Å². The molecule has 0 amide bonds. The topological polar surface area (TPSA) is 78.7 Å². The number of esters is 1. The van der Waals surface area contributed by atoms with Crippen LogP contribution < -0.4 is 4.74 Å². The predicted molar refractivity (Wildman–Crippen MR) is 60.8 cm³/mol. The zero-order valence-electron chi connectivity index (χ0n) is 8.59. The summed E-state index contributed by atoms with van der Waals surface area (Å²) in [6.07, 6.45) is -0.346. The average Bonchev–Trinajstić information content (AvgIpc) is 2.67. The number of hydrogen-bond acceptors (Lipinski definition) is 5. The van der Waals surface area contributed by atoms with Gasteiger partial charge in [0.15, 0.2) is 11.9 Å². The highest BCUT2D eigenvalue weighted by molar-refractivity contribution is 9.10. The van der Waals surface area contributed by atoms with Crippen LogP contribution in [0.1, 0.15) is 6.42 Å². The van der Waals surface area contributed by atoms with Crippen LogP contribution in [0.2, 0.25) is 0 Å². The van der Waals surface area contributed by atoms with Gasteiger partial charge in [-0.3, -0.25) is 10.1 Å². The Bertz CT molecular complexity index is 476. The molecule has 2 rings (SSSR count). The van der Waals surface area contributed by atoms with Gasteiger partial charge in [0.1, 0.15) is 0 Å². The number of cyclic esters (lactones) is 1. The van der Waals surface area contributed by atoms with Crippen LogP contribution in [-0.4, -0.2) is 23.6 Å². The van der Waals surface area contributed by atoms with E-state index in [1.54, 1.807) is 6.07 Å². The van der Waals surface area contributed by atoms with E-state index in [4.69, 9.17) is 9.47 Å². The van der Waals surface area contributed by atoms with Crippen molar-refractivity contribution < 1.29 is 19.2 Å². The van der Waals surface area contributed by atoms with E-state index in [-0.39, 0.29) is 18.0 Å². The minimum Gasteiger partial charge on any atom is -0.471 e. The van der Waals surface area contributed by atoms with Gasteiger partial charge >= 0.3 is 11.7 Å². The molecule has 0 aromatic heterocycles. The standard InChI is InChI=1S/C10H8BrNO5/c11-6-1-2-8(7(5-6)12(14)15)17-9-3-4-16-10(9)13/h1-2,5,9H,3-4H2/t9-/m0/s1. The summed E-state index contributed by atoms with van der Waals surface area (Å²) in [5, 5.41) is 10.8. The van der Waals surface area contributed by atoms with Gasteiger partial charge in [-0.1, -0.05) is 15.9 Å². The lowest BCUT2D eigenvalue weighted by atomic mass is 10.2. The van der Waals surface area contributed by atoms with Crippen LogP contribution in [0.15, 0.2) is 22.7 Å². The largest absolute Gasteiger partial charge is 0.471 e. The number of nitro groups is 1. The van der Waals surface area contributed by atoms with Crippen molar-refractivity contribution in [1.82, 2.24) is 0 Å². The van der Waals surface area contributed by atoms with Gasteiger partial charge in [-0.05, 0) is 12.1 Å². The van der Waals surface area contributed by atoms with Crippen LogP contribution >= 0.6 is 15.9 Å². The third kappa shape index (κ3) is 2.55.